The molecule has 1 heterocycles. The second-order valence-electron chi connectivity index (χ2n) is 3.59. The summed E-state index contributed by atoms with van der Waals surface area (Å²) >= 11 is 5.97. The van der Waals surface area contributed by atoms with Crippen LogP contribution in [-0.2, 0) is 0 Å². The van der Waals surface area contributed by atoms with Gasteiger partial charge in [-0.15, -0.1) is 0 Å². The Labute approximate surface area is 98.7 Å². The maximum atomic E-state index is 11.0. The molecule has 3 nitrogen and oxygen atoms in total. The molecule has 0 unspecified atom stereocenters. The lowest BCUT2D eigenvalue weighted by Gasteiger charge is -2.08. The van der Waals surface area contributed by atoms with Gasteiger partial charge in [0.15, 0.2) is 6.29 Å². The van der Waals surface area contributed by atoms with Crippen molar-refractivity contribution in [1.29, 1.82) is 0 Å². The molecule has 2 rings (SSSR count). The fourth-order valence-electron chi connectivity index (χ4n) is 1.71. The number of carbonyl (C=O) groups excluding carboxylic acids is 1. The van der Waals surface area contributed by atoms with E-state index in [0.717, 1.165) is 23.5 Å². The Morgan fingerprint density at radius 3 is 2.69 bits per heavy atom. The summed E-state index contributed by atoms with van der Waals surface area (Å²) in [6.07, 6.45) is 2.65. The van der Waals surface area contributed by atoms with Crippen molar-refractivity contribution < 1.29 is 4.79 Å². The minimum atomic E-state index is 0.457. The number of imidazole rings is 1. The molecular formula is C12H11ClN2O. The highest BCUT2D eigenvalue weighted by molar-refractivity contribution is 6.33. The van der Waals surface area contributed by atoms with Gasteiger partial charge in [0.05, 0.1) is 22.0 Å². The normalized spacial score (nSPS) is 10.4. The van der Waals surface area contributed by atoms with E-state index in [9.17, 15) is 4.79 Å². The Bertz CT molecular complexity index is 546. The molecule has 1 aromatic heterocycles. The zero-order valence-electron chi connectivity index (χ0n) is 9.07. The summed E-state index contributed by atoms with van der Waals surface area (Å²) < 4.78 is 1.87. The first-order chi connectivity index (χ1) is 7.63. The highest BCUT2D eigenvalue weighted by atomic mass is 35.5. The van der Waals surface area contributed by atoms with E-state index >= 15 is 0 Å². The standard InChI is InChI=1S/C12H11ClN2O/c1-8-6-15(9(2)14-8)12-5-3-4-11(13)10(12)7-16/h3-7H,1-2H3. The largest absolute Gasteiger partial charge is 0.303 e. The molecule has 0 spiro atoms. The van der Waals surface area contributed by atoms with Gasteiger partial charge in [0.1, 0.15) is 5.82 Å². The van der Waals surface area contributed by atoms with Crippen molar-refractivity contribution in [3.05, 3.63) is 46.5 Å². The minimum Gasteiger partial charge on any atom is -0.303 e. The van der Waals surface area contributed by atoms with Crippen molar-refractivity contribution in [2.75, 3.05) is 0 Å². The van der Waals surface area contributed by atoms with Crippen LogP contribution in [0.2, 0.25) is 5.02 Å². The summed E-state index contributed by atoms with van der Waals surface area (Å²) in [5.41, 5.74) is 2.17. The van der Waals surface area contributed by atoms with Crippen LogP contribution < -0.4 is 0 Å². The van der Waals surface area contributed by atoms with Gasteiger partial charge in [-0.3, -0.25) is 4.79 Å². The maximum absolute atomic E-state index is 11.0. The summed E-state index contributed by atoms with van der Waals surface area (Å²) in [6.45, 7) is 3.80. The summed E-state index contributed by atoms with van der Waals surface area (Å²) in [4.78, 5) is 15.3. The van der Waals surface area contributed by atoms with Crippen LogP contribution in [0.3, 0.4) is 0 Å². The van der Waals surface area contributed by atoms with E-state index < -0.39 is 0 Å². The molecule has 82 valence electrons. The SMILES string of the molecule is Cc1cn(-c2cccc(Cl)c2C=O)c(C)n1. The number of benzene rings is 1. The van der Waals surface area contributed by atoms with Crippen molar-refractivity contribution in [2.45, 2.75) is 13.8 Å². The fraction of sp³-hybridized carbons (Fsp3) is 0.167. The highest BCUT2D eigenvalue weighted by Crippen LogP contribution is 2.22. The molecule has 1 aromatic carbocycles. The molecule has 0 aliphatic carbocycles. The van der Waals surface area contributed by atoms with E-state index in [1.807, 2.05) is 36.7 Å². The van der Waals surface area contributed by atoms with E-state index in [1.54, 1.807) is 6.07 Å². The molecule has 16 heavy (non-hydrogen) atoms. The second-order valence-corrected chi connectivity index (χ2v) is 4.00. The topological polar surface area (TPSA) is 34.9 Å². The molecule has 4 heteroatoms. The molecule has 0 atom stereocenters. The predicted molar refractivity (Wildman–Crippen MR) is 63.4 cm³/mol. The van der Waals surface area contributed by atoms with Gasteiger partial charge in [-0.05, 0) is 26.0 Å². The summed E-state index contributed by atoms with van der Waals surface area (Å²) in [7, 11) is 0. The van der Waals surface area contributed by atoms with Crippen LogP contribution in [0.4, 0.5) is 0 Å². The van der Waals surface area contributed by atoms with Gasteiger partial charge in [-0.1, -0.05) is 17.7 Å². The molecule has 0 saturated heterocycles. The van der Waals surface area contributed by atoms with Gasteiger partial charge in [0.25, 0.3) is 0 Å². The van der Waals surface area contributed by atoms with Crippen molar-refractivity contribution in [1.82, 2.24) is 9.55 Å². The summed E-state index contributed by atoms with van der Waals surface area (Å²) in [6, 6.07) is 5.37. The number of rotatable bonds is 2. The Morgan fingerprint density at radius 1 is 1.38 bits per heavy atom. The Kier molecular flexibility index (Phi) is 2.79. The van der Waals surface area contributed by atoms with Crippen LogP contribution in [0.25, 0.3) is 5.69 Å². The quantitative estimate of drug-likeness (QED) is 0.749. The average Bonchev–Trinajstić information content (AvgIpc) is 2.57. The Hall–Kier alpha value is -1.61. The smallest absolute Gasteiger partial charge is 0.153 e. The van der Waals surface area contributed by atoms with Crippen molar-refractivity contribution in [2.24, 2.45) is 0 Å². The average molecular weight is 235 g/mol. The van der Waals surface area contributed by atoms with Crippen molar-refractivity contribution >= 4 is 17.9 Å². The van der Waals surface area contributed by atoms with Crippen LogP contribution in [-0.4, -0.2) is 15.8 Å². The van der Waals surface area contributed by atoms with E-state index in [2.05, 4.69) is 4.98 Å². The second kappa shape index (κ2) is 4.10. The zero-order valence-corrected chi connectivity index (χ0v) is 9.82. The monoisotopic (exact) mass is 234 g/mol. The first-order valence-electron chi connectivity index (χ1n) is 4.90. The Balaban J connectivity index is 2.68. The van der Waals surface area contributed by atoms with Crippen LogP contribution in [0.15, 0.2) is 24.4 Å². The predicted octanol–water partition coefficient (Wildman–Crippen LogP) is 2.96. The molecule has 0 radical (unpaired) electrons. The fourth-order valence-corrected chi connectivity index (χ4v) is 1.93. The lowest BCUT2D eigenvalue weighted by molar-refractivity contribution is 0.112. The van der Waals surface area contributed by atoms with E-state index in [1.165, 1.54) is 0 Å². The van der Waals surface area contributed by atoms with Gasteiger partial charge in [-0.25, -0.2) is 4.98 Å². The number of aryl methyl sites for hydroxylation is 2. The number of aromatic nitrogens is 2. The van der Waals surface area contributed by atoms with Crippen LogP contribution >= 0.6 is 11.6 Å². The maximum Gasteiger partial charge on any atom is 0.153 e. The molecule has 2 aromatic rings. The third-order valence-corrected chi connectivity index (χ3v) is 2.74. The van der Waals surface area contributed by atoms with Crippen molar-refractivity contribution in [3.8, 4) is 5.69 Å². The molecule has 0 N–H and O–H groups in total. The van der Waals surface area contributed by atoms with Gasteiger partial charge >= 0.3 is 0 Å². The van der Waals surface area contributed by atoms with Gasteiger partial charge in [-0.2, -0.15) is 0 Å². The van der Waals surface area contributed by atoms with Gasteiger partial charge in [0.2, 0.25) is 0 Å². The molecule has 0 fully saturated rings. The summed E-state index contributed by atoms with van der Waals surface area (Å²) in [5, 5.41) is 0.457. The van der Waals surface area contributed by atoms with Gasteiger partial charge < -0.3 is 4.57 Å². The number of carbonyl (C=O) groups is 1. The number of hydrogen-bond acceptors (Lipinski definition) is 2. The highest BCUT2D eigenvalue weighted by Gasteiger charge is 2.10. The van der Waals surface area contributed by atoms with E-state index in [4.69, 9.17) is 11.6 Å². The minimum absolute atomic E-state index is 0.457. The molecule has 0 saturated carbocycles. The van der Waals surface area contributed by atoms with E-state index in [0.29, 0.717) is 10.6 Å². The number of halogens is 1. The first kappa shape index (κ1) is 10.9. The van der Waals surface area contributed by atoms with Crippen molar-refractivity contribution in [3.63, 3.8) is 0 Å². The molecule has 0 amide bonds. The molecule has 0 aliphatic rings. The Morgan fingerprint density at radius 2 is 2.12 bits per heavy atom. The van der Waals surface area contributed by atoms with Crippen LogP contribution in [0.5, 0.6) is 0 Å². The number of hydrogen-bond donors (Lipinski definition) is 0. The third kappa shape index (κ3) is 1.74. The summed E-state index contributed by atoms with van der Waals surface area (Å²) in [5.74, 6) is 0.836. The lowest BCUT2D eigenvalue weighted by Crippen LogP contribution is -2.00. The van der Waals surface area contributed by atoms with Crippen LogP contribution in [0.1, 0.15) is 21.9 Å². The molecule has 0 bridgehead atoms. The first-order valence-corrected chi connectivity index (χ1v) is 5.28. The lowest BCUT2D eigenvalue weighted by atomic mass is 10.2. The van der Waals surface area contributed by atoms with Crippen LogP contribution in [0, 0.1) is 13.8 Å². The number of nitrogens with zero attached hydrogens (tertiary/aromatic N) is 2. The molecule has 0 aliphatic heterocycles. The number of aldehydes is 1. The van der Waals surface area contributed by atoms with Gasteiger partial charge in [0, 0.05) is 6.20 Å². The third-order valence-electron chi connectivity index (χ3n) is 2.41. The molecular weight excluding hydrogens is 224 g/mol. The van der Waals surface area contributed by atoms with E-state index in [-0.39, 0.29) is 0 Å². The zero-order chi connectivity index (χ0) is 11.7.